The lowest BCUT2D eigenvalue weighted by molar-refractivity contribution is -0.384. The molecule has 0 heterocycles. The maximum absolute atomic E-state index is 10.6. The molecular weight excluding hydrogens is 322 g/mol. The number of non-ortho nitro benzene ring substituents is 1. The smallest absolute Gasteiger partial charge is 0.269 e. The van der Waals surface area contributed by atoms with E-state index in [1.807, 2.05) is 24.3 Å². The maximum Gasteiger partial charge on any atom is 0.269 e. The number of aliphatic imine (C=N–C) groups is 1. The highest BCUT2D eigenvalue weighted by Gasteiger charge is 2.02. The van der Waals surface area contributed by atoms with Gasteiger partial charge in [0.1, 0.15) is 0 Å². The van der Waals surface area contributed by atoms with E-state index in [4.69, 9.17) is 5.11 Å². The van der Waals surface area contributed by atoms with E-state index in [1.165, 1.54) is 12.1 Å². The predicted octanol–water partition coefficient (Wildman–Crippen LogP) is 2.78. The van der Waals surface area contributed by atoms with E-state index in [2.05, 4.69) is 10.3 Å². The van der Waals surface area contributed by atoms with Crippen molar-refractivity contribution in [2.45, 2.75) is 6.10 Å². The van der Waals surface area contributed by atoms with Crippen molar-refractivity contribution in [1.29, 1.82) is 0 Å². The molecule has 0 saturated heterocycles. The molecule has 0 aliphatic heterocycles. The first-order valence-corrected chi connectivity index (χ1v) is 7.66. The fourth-order valence-electron chi connectivity index (χ4n) is 1.96. The number of aliphatic hydroxyl groups excluding tert-OH is 2. The highest BCUT2D eigenvalue weighted by Crippen LogP contribution is 2.16. The number of allylic oxidation sites excluding steroid dienone is 1. The summed E-state index contributed by atoms with van der Waals surface area (Å²) in [6, 6.07) is 13.6. The molecule has 25 heavy (non-hydrogen) atoms. The summed E-state index contributed by atoms with van der Waals surface area (Å²) in [5.41, 5.74) is 2.50. The minimum atomic E-state index is -0.790. The van der Waals surface area contributed by atoms with Crippen molar-refractivity contribution in [3.05, 3.63) is 70.3 Å². The first-order valence-electron chi connectivity index (χ1n) is 7.66. The number of anilines is 1. The zero-order valence-electron chi connectivity index (χ0n) is 13.4. The van der Waals surface area contributed by atoms with Crippen LogP contribution in [0.4, 0.5) is 17.1 Å². The Balaban J connectivity index is 1.87. The molecule has 7 heteroatoms. The number of hydrogen-bond acceptors (Lipinski definition) is 6. The van der Waals surface area contributed by atoms with Crippen molar-refractivity contribution in [1.82, 2.24) is 0 Å². The summed E-state index contributed by atoms with van der Waals surface area (Å²) in [5.74, 6) is 0. The van der Waals surface area contributed by atoms with Crippen LogP contribution in [0.15, 0.2) is 59.6 Å². The van der Waals surface area contributed by atoms with Gasteiger partial charge in [-0.1, -0.05) is 6.08 Å². The van der Waals surface area contributed by atoms with Crippen LogP contribution in [-0.2, 0) is 0 Å². The van der Waals surface area contributed by atoms with Gasteiger partial charge in [0.15, 0.2) is 0 Å². The molecule has 0 spiro atoms. The van der Waals surface area contributed by atoms with Gasteiger partial charge in [-0.2, -0.15) is 0 Å². The van der Waals surface area contributed by atoms with Crippen molar-refractivity contribution in [3.8, 4) is 0 Å². The molecule has 0 radical (unpaired) electrons. The van der Waals surface area contributed by atoms with E-state index in [9.17, 15) is 15.2 Å². The van der Waals surface area contributed by atoms with Gasteiger partial charge in [-0.05, 0) is 48.0 Å². The predicted molar refractivity (Wildman–Crippen MR) is 98.3 cm³/mol. The Labute approximate surface area is 145 Å². The molecule has 0 aliphatic rings. The number of benzene rings is 2. The number of rotatable bonds is 8. The normalized spacial score (nSPS) is 12.6. The van der Waals surface area contributed by atoms with Crippen LogP contribution < -0.4 is 5.32 Å². The molecule has 130 valence electrons. The standard InChI is InChI=1S/C18H19N3O4/c22-13-18(23)12-20-16-7-5-15(6-8-16)19-11-1-2-14-3-9-17(10-4-14)21(24)25/h1-11,18,20,22-23H,12-13H2/b2-1+,19-11?/t18-/m1/s1. The zero-order valence-corrected chi connectivity index (χ0v) is 13.4. The lowest BCUT2D eigenvalue weighted by Crippen LogP contribution is -2.22. The second-order valence-electron chi connectivity index (χ2n) is 5.25. The average Bonchev–Trinajstić information content (AvgIpc) is 2.64. The summed E-state index contributed by atoms with van der Waals surface area (Å²) in [4.78, 5) is 14.4. The van der Waals surface area contributed by atoms with Gasteiger partial charge in [0, 0.05) is 30.6 Å². The largest absolute Gasteiger partial charge is 0.394 e. The molecule has 0 unspecified atom stereocenters. The second kappa shape index (κ2) is 9.31. The van der Waals surface area contributed by atoms with Gasteiger partial charge in [-0.3, -0.25) is 15.1 Å². The fourth-order valence-corrected chi connectivity index (χ4v) is 1.96. The van der Waals surface area contributed by atoms with E-state index in [1.54, 1.807) is 30.5 Å². The van der Waals surface area contributed by atoms with Crippen LogP contribution in [0.1, 0.15) is 5.56 Å². The minimum Gasteiger partial charge on any atom is -0.394 e. The minimum absolute atomic E-state index is 0.0611. The van der Waals surface area contributed by atoms with Crippen LogP contribution in [0, 0.1) is 10.1 Å². The summed E-state index contributed by atoms with van der Waals surface area (Å²) < 4.78 is 0. The number of hydrogen-bond donors (Lipinski definition) is 3. The van der Waals surface area contributed by atoms with Crippen LogP contribution >= 0.6 is 0 Å². The van der Waals surface area contributed by atoms with Gasteiger partial charge in [-0.15, -0.1) is 0 Å². The molecule has 0 amide bonds. The molecule has 1 atom stereocenters. The second-order valence-corrected chi connectivity index (χ2v) is 5.25. The van der Waals surface area contributed by atoms with Crippen LogP contribution in [0.5, 0.6) is 0 Å². The van der Waals surface area contributed by atoms with Crippen LogP contribution in [0.2, 0.25) is 0 Å². The van der Waals surface area contributed by atoms with Gasteiger partial charge < -0.3 is 15.5 Å². The number of nitro groups is 1. The summed E-state index contributed by atoms with van der Waals surface area (Å²) in [6.45, 7) is -0.00639. The molecule has 7 nitrogen and oxygen atoms in total. The summed E-state index contributed by atoms with van der Waals surface area (Å²) in [6.07, 6.45) is 4.41. The fraction of sp³-hybridized carbons (Fsp3) is 0.167. The maximum atomic E-state index is 10.6. The molecule has 0 saturated carbocycles. The van der Waals surface area contributed by atoms with Gasteiger partial charge in [-0.25, -0.2) is 0 Å². The molecule has 0 aliphatic carbocycles. The SMILES string of the molecule is O=[N+]([O-])c1ccc(/C=C/C=Nc2ccc(NC[C@@H](O)CO)cc2)cc1. The molecule has 2 rings (SSSR count). The van der Waals surface area contributed by atoms with E-state index in [0.717, 1.165) is 16.9 Å². The lowest BCUT2D eigenvalue weighted by atomic mass is 10.2. The Hall–Kier alpha value is -3.03. The molecule has 0 aromatic heterocycles. The number of nitrogens with zero attached hydrogens (tertiary/aromatic N) is 2. The Morgan fingerprint density at radius 3 is 2.44 bits per heavy atom. The molecule has 2 aromatic carbocycles. The Morgan fingerprint density at radius 2 is 1.84 bits per heavy atom. The molecule has 0 bridgehead atoms. The third kappa shape index (κ3) is 6.17. The molecule has 0 fully saturated rings. The first-order chi connectivity index (χ1) is 12.1. The van der Waals surface area contributed by atoms with Crippen LogP contribution in [0.3, 0.4) is 0 Å². The quantitative estimate of drug-likeness (QED) is 0.389. The Kier molecular flexibility index (Phi) is 6.82. The Bertz CT molecular complexity index is 740. The van der Waals surface area contributed by atoms with Gasteiger partial charge >= 0.3 is 0 Å². The topological polar surface area (TPSA) is 108 Å². The third-order valence-corrected chi connectivity index (χ3v) is 3.32. The summed E-state index contributed by atoms with van der Waals surface area (Å²) in [7, 11) is 0. The van der Waals surface area contributed by atoms with Gasteiger partial charge in [0.25, 0.3) is 5.69 Å². The van der Waals surface area contributed by atoms with E-state index >= 15 is 0 Å². The van der Waals surface area contributed by atoms with Crippen LogP contribution in [0.25, 0.3) is 6.08 Å². The Morgan fingerprint density at radius 1 is 1.16 bits per heavy atom. The number of nitrogens with one attached hydrogen (secondary N) is 1. The number of nitro benzene ring substituents is 1. The molecular formula is C18H19N3O4. The van der Waals surface area contributed by atoms with Crippen LogP contribution in [-0.4, -0.2) is 40.6 Å². The molecule has 2 aromatic rings. The van der Waals surface area contributed by atoms with Crippen molar-refractivity contribution in [2.75, 3.05) is 18.5 Å². The van der Waals surface area contributed by atoms with Gasteiger partial charge in [0.2, 0.25) is 0 Å². The van der Waals surface area contributed by atoms with Crippen molar-refractivity contribution in [3.63, 3.8) is 0 Å². The van der Waals surface area contributed by atoms with Crippen molar-refractivity contribution in [2.24, 2.45) is 4.99 Å². The van der Waals surface area contributed by atoms with Crippen molar-refractivity contribution >= 4 is 29.4 Å². The summed E-state index contributed by atoms with van der Waals surface area (Å²) in [5, 5.41) is 31.6. The zero-order chi connectivity index (χ0) is 18.1. The van der Waals surface area contributed by atoms with Gasteiger partial charge in [0.05, 0.1) is 23.3 Å². The highest BCUT2D eigenvalue weighted by molar-refractivity contribution is 5.80. The van der Waals surface area contributed by atoms with E-state index in [0.29, 0.717) is 0 Å². The van der Waals surface area contributed by atoms with E-state index in [-0.39, 0.29) is 18.8 Å². The van der Waals surface area contributed by atoms with Crippen molar-refractivity contribution < 1.29 is 15.1 Å². The average molecular weight is 341 g/mol. The van der Waals surface area contributed by atoms with E-state index < -0.39 is 11.0 Å². The summed E-state index contributed by atoms with van der Waals surface area (Å²) >= 11 is 0. The third-order valence-electron chi connectivity index (χ3n) is 3.32. The number of aliphatic hydroxyl groups is 2. The first kappa shape index (κ1) is 18.3. The lowest BCUT2D eigenvalue weighted by Gasteiger charge is -2.09. The highest BCUT2D eigenvalue weighted by atomic mass is 16.6. The monoisotopic (exact) mass is 341 g/mol. The molecule has 3 N–H and O–H groups in total.